The zero-order valence-electron chi connectivity index (χ0n) is 17.0. The average molecular weight is 372 g/mol. The Balaban J connectivity index is 2.14. The Hall–Kier alpha value is -0.593. The standard InChI is InChI=1S/C19H37NO4Si/c1-18(2)15-23-19(12-8-7-9-13-19)20(18)17(21)24-16(25(4,5)6)11-10-14-22-3/h16H,7-15H2,1-6H3. The molecule has 0 aromatic heterocycles. The lowest BCUT2D eigenvalue weighted by atomic mass is 9.89. The van der Waals surface area contributed by atoms with Gasteiger partial charge in [0.1, 0.15) is 5.72 Å². The summed E-state index contributed by atoms with van der Waals surface area (Å²) in [6.07, 6.45) is 6.91. The van der Waals surface area contributed by atoms with Crippen LogP contribution in [-0.2, 0) is 14.2 Å². The highest BCUT2D eigenvalue weighted by Gasteiger charge is 2.55. The van der Waals surface area contributed by atoms with E-state index in [2.05, 4.69) is 33.5 Å². The maximum Gasteiger partial charge on any atom is 0.412 e. The zero-order valence-corrected chi connectivity index (χ0v) is 18.0. The number of ether oxygens (including phenoxy) is 3. The van der Waals surface area contributed by atoms with Crippen LogP contribution in [0.25, 0.3) is 0 Å². The second kappa shape index (κ2) is 7.97. The summed E-state index contributed by atoms with van der Waals surface area (Å²) in [6.45, 7) is 12.3. The first kappa shape index (κ1) is 20.7. The molecule has 0 bridgehead atoms. The number of amides is 1. The Morgan fingerprint density at radius 2 is 1.84 bits per heavy atom. The van der Waals surface area contributed by atoms with E-state index in [0.29, 0.717) is 13.2 Å². The van der Waals surface area contributed by atoms with Gasteiger partial charge in [0, 0.05) is 13.7 Å². The van der Waals surface area contributed by atoms with E-state index in [9.17, 15) is 4.79 Å². The van der Waals surface area contributed by atoms with E-state index in [0.717, 1.165) is 38.5 Å². The summed E-state index contributed by atoms with van der Waals surface area (Å²) in [5, 5.41) is 0. The number of rotatable bonds is 6. The molecule has 2 aliphatic rings. The van der Waals surface area contributed by atoms with E-state index in [1.54, 1.807) is 7.11 Å². The average Bonchev–Trinajstić information content (AvgIpc) is 2.77. The highest BCUT2D eigenvalue weighted by Crippen LogP contribution is 2.44. The van der Waals surface area contributed by atoms with Gasteiger partial charge in [-0.25, -0.2) is 4.79 Å². The van der Waals surface area contributed by atoms with Gasteiger partial charge in [0.05, 0.1) is 25.9 Å². The molecule has 1 spiro atoms. The highest BCUT2D eigenvalue weighted by atomic mass is 28.3. The fraction of sp³-hybridized carbons (Fsp3) is 0.947. The summed E-state index contributed by atoms with van der Waals surface area (Å²) in [4.78, 5) is 15.2. The van der Waals surface area contributed by atoms with Crippen LogP contribution in [0.4, 0.5) is 4.79 Å². The molecule has 146 valence electrons. The minimum absolute atomic E-state index is 0.00666. The summed E-state index contributed by atoms with van der Waals surface area (Å²) in [6, 6.07) is 0. The van der Waals surface area contributed by atoms with E-state index in [4.69, 9.17) is 14.2 Å². The Kier molecular flexibility index (Phi) is 6.60. The third-order valence-electron chi connectivity index (χ3n) is 5.55. The second-order valence-electron chi connectivity index (χ2n) is 9.32. The summed E-state index contributed by atoms with van der Waals surface area (Å²) in [7, 11) is 0.0909. The second-order valence-corrected chi connectivity index (χ2v) is 14.7. The van der Waals surface area contributed by atoms with Crippen molar-refractivity contribution in [3.8, 4) is 0 Å². The number of carbonyl (C=O) groups is 1. The normalized spacial score (nSPS) is 23.7. The fourth-order valence-corrected chi connectivity index (χ4v) is 5.66. The Bertz CT molecular complexity index is 455. The molecule has 2 rings (SSSR count). The maximum atomic E-state index is 13.2. The molecular formula is C19H37NO4Si. The number of hydrogen-bond acceptors (Lipinski definition) is 4. The fourth-order valence-electron chi connectivity index (χ4n) is 4.13. The zero-order chi connectivity index (χ0) is 18.7. The molecule has 1 saturated carbocycles. The molecule has 6 heteroatoms. The minimum Gasteiger partial charge on any atom is -0.450 e. The van der Waals surface area contributed by atoms with E-state index < -0.39 is 13.8 Å². The van der Waals surface area contributed by atoms with E-state index in [1.165, 1.54) is 6.42 Å². The molecule has 1 amide bonds. The van der Waals surface area contributed by atoms with Gasteiger partial charge in [0.25, 0.3) is 0 Å². The molecule has 1 aliphatic carbocycles. The molecule has 0 radical (unpaired) electrons. The summed E-state index contributed by atoms with van der Waals surface area (Å²) in [5.41, 5.74) is -0.757. The molecule has 25 heavy (non-hydrogen) atoms. The summed E-state index contributed by atoms with van der Waals surface area (Å²) in [5.74, 6) is 0. The van der Waals surface area contributed by atoms with E-state index in [-0.39, 0.29) is 17.4 Å². The third-order valence-corrected chi connectivity index (χ3v) is 7.89. The summed E-state index contributed by atoms with van der Waals surface area (Å²) >= 11 is 0. The molecular weight excluding hydrogens is 334 g/mol. The maximum absolute atomic E-state index is 13.2. The number of carbonyl (C=O) groups excluding carboxylic acids is 1. The molecule has 1 heterocycles. The van der Waals surface area contributed by atoms with Crippen LogP contribution in [0, 0.1) is 0 Å². The van der Waals surface area contributed by atoms with Crippen molar-refractivity contribution in [3.05, 3.63) is 0 Å². The van der Waals surface area contributed by atoms with Crippen molar-refractivity contribution in [2.75, 3.05) is 20.3 Å². The first-order valence-electron chi connectivity index (χ1n) is 9.76. The Labute approximate surface area is 154 Å². The topological polar surface area (TPSA) is 48.0 Å². The first-order chi connectivity index (χ1) is 11.6. The van der Waals surface area contributed by atoms with Gasteiger partial charge in [-0.1, -0.05) is 26.1 Å². The van der Waals surface area contributed by atoms with Gasteiger partial charge >= 0.3 is 6.09 Å². The van der Waals surface area contributed by atoms with Crippen LogP contribution < -0.4 is 0 Å². The van der Waals surface area contributed by atoms with Crippen LogP contribution in [0.3, 0.4) is 0 Å². The van der Waals surface area contributed by atoms with Gasteiger partial charge in [0.15, 0.2) is 0 Å². The predicted molar refractivity (Wildman–Crippen MR) is 102 cm³/mol. The van der Waals surface area contributed by atoms with Crippen LogP contribution in [0.15, 0.2) is 0 Å². The van der Waals surface area contributed by atoms with Crippen LogP contribution in [0.1, 0.15) is 58.8 Å². The lowest BCUT2D eigenvalue weighted by Crippen LogP contribution is -2.58. The van der Waals surface area contributed by atoms with Gasteiger partial charge in [-0.3, -0.25) is 4.90 Å². The van der Waals surface area contributed by atoms with Crippen molar-refractivity contribution in [2.24, 2.45) is 0 Å². The van der Waals surface area contributed by atoms with Gasteiger partial charge in [-0.05, 0) is 52.4 Å². The SMILES string of the molecule is COCCCC(OC(=O)N1C(C)(C)COC12CCCCC2)[Si](C)(C)C. The molecule has 2 fully saturated rings. The van der Waals surface area contributed by atoms with Crippen LogP contribution in [0.2, 0.25) is 19.6 Å². The minimum atomic E-state index is -1.62. The van der Waals surface area contributed by atoms with Crippen molar-refractivity contribution in [1.29, 1.82) is 0 Å². The molecule has 1 atom stereocenters. The van der Waals surface area contributed by atoms with Crippen molar-refractivity contribution >= 4 is 14.2 Å². The van der Waals surface area contributed by atoms with Crippen molar-refractivity contribution < 1.29 is 19.0 Å². The van der Waals surface area contributed by atoms with E-state index >= 15 is 0 Å². The molecule has 5 nitrogen and oxygen atoms in total. The number of nitrogens with zero attached hydrogens (tertiary/aromatic N) is 1. The largest absolute Gasteiger partial charge is 0.450 e. The van der Waals surface area contributed by atoms with Gasteiger partial charge < -0.3 is 14.2 Å². The smallest absolute Gasteiger partial charge is 0.412 e. The van der Waals surface area contributed by atoms with Crippen molar-refractivity contribution in [2.45, 2.75) is 95.4 Å². The Morgan fingerprint density at radius 1 is 1.20 bits per heavy atom. The number of methoxy groups -OCH3 is 1. The van der Waals surface area contributed by atoms with Crippen LogP contribution >= 0.6 is 0 Å². The van der Waals surface area contributed by atoms with Crippen molar-refractivity contribution in [3.63, 3.8) is 0 Å². The lowest BCUT2D eigenvalue weighted by molar-refractivity contribution is -0.105. The molecule has 1 saturated heterocycles. The summed E-state index contributed by atoms with van der Waals surface area (Å²) < 4.78 is 17.5. The third kappa shape index (κ3) is 4.77. The lowest BCUT2D eigenvalue weighted by Gasteiger charge is -2.44. The van der Waals surface area contributed by atoms with Crippen LogP contribution in [0.5, 0.6) is 0 Å². The first-order valence-corrected chi connectivity index (χ1v) is 13.3. The van der Waals surface area contributed by atoms with Gasteiger partial charge in [-0.15, -0.1) is 0 Å². The Morgan fingerprint density at radius 3 is 2.40 bits per heavy atom. The van der Waals surface area contributed by atoms with E-state index in [1.807, 2.05) is 4.90 Å². The van der Waals surface area contributed by atoms with Crippen molar-refractivity contribution in [1.82, 2.24) is 4.90 Å². The predicted octanol–water partition coefficient (Wildman–Crippen LogP) is 4.57. The van der Waals surface area contributed by atoms with Gasteiger partial charge in [-0.2, -0.15) is 0 Å². The monoisotopic (exact) mass is 371 g/mol. The molecule has 0 aromatic rings. The number of hydrogen-bond donors (Lipinski definition) is 0. The highest BCUT2D eigenvalue weighted by molar-refractivity contribution is 6.77. The van der Waals surface area contributed by atoms with Crippen LogP contribution in [-0.4, -0.2) is 56.4 Å². The molecule has 0 N–H and O–H groups in total. The molecule has 1 aliphatic heterocycles. The molecule has 0 aromatic carbocycles. The van der Waals surface area contributed by atoms with Gasteiger partial charge in [0.2, 0.25) is 0 Å². The molecule has 1 unspecified atom stereocenters. The quantitative estimate of drug-likeness (QED) is 0.507.